The highest BCUT2D eigenvalue weighted by Crippen LogP contribution is 2.33. The van der Waals surface area contributed by atoms with Gasteiger partial charge in [-0.15, -0.1) is 0 Å². The van der Waals surface area contributed by atoms with E-state index in [1.54, 1.807) is 19.1 Å². The number of carbonyl (C=O) groups excluding carboxylic acids is 1. The van der Waals surface area contributed by atoms with Gasteiger partial charge in [0.2, 0.25) is 6.10 Å². The first-order valence-electron chi connectivity index (χ1n) is 4.65. The smallest absolute Gasteiger partial charge is 0.278 e. The Balaban J connectivity index is 2.25. The zero-order valence-corrected chi connectivity index (χ0v) is 8.27. The third-order valence-electron chi connectivity index (χ3n) is 2.24. The van der Waals surface area contributed by atoms with E-state index in [-0.39, 0.29) is 6.10 Å². The van der Waals surface area contributed by atoms with Gasteiger partial charge in [0, 0.05) is 0 Å². The minimum Gasteiger partial charge on any atom is -0.482 e. The number of benzene rings is 1. The van der Waals surface area contributed by atoms with E-state index in [0.717, 1.165) is 0 Å². The Hall–Kier alpha value is -1.75. The molecule has 1 amide bonds. The summed E-state index contributed by atoms with van der Waals surface area (Å²) in [6, 6.07) is 7.20. The van der Waals surface area contributed by atoms with Gasteiger partial charge in [0.25, 0.3) is 5.91 Å². The van der Waals surface area contributed by atoms with Crippen LogP contribution in [0.4, 0.5) is 0 Å². The molecular weight excluding hydrogens is 196 g/mol. The fraction of sp³-hybridized carbons (Fsp3) is 0.300. The van der Waals surface area contributed by atoms with E-state index in [4.69, 9.17) is 15.3 Å². The van der Waals surface area contributed by atoms with Crippen molar-refractivity contribution in [3.8, 4) is 11.5 Å². The summed E-state index contributed by atoms with van der Waals surface area (Å²) in [6.07, 6.45) is -1.06. The summed E-state index contributed by atoms with van der Waals surface area (Å²) in [5.41, 5.74) is 2.05. The average molecular weight is 208 g/mol. The second kappa shape index (κ2) is 3.78. The predicted molar refractivity (Wildman–Crippen MR) is 53.3 cm³/mol. The molecule has 1 aliphatic heterocycles. The van der Waals surface area contributed by atoms with Crippen molar-refractivity contribution >= 4 is 5.91 Å². The van der Waals surface area contributed by atoms with Gasteiger partial charge >= 0.3 is 0 Å². The standard InChI is InChI=1S/C10H12N2O3/c1-6-9(10(13)12-11)15-8-5-3-2-4-7(8)14-6/h2-6,9H,11H2,1H3,(H,12,13)/t6-,9+/m0/s1. The Labute approximate surface area is 87.1 Å². The zero-order valence-electron chi connectivity index (χ0n) is 8.27. The molecule has 80 valence electrons. The number of nitrogens with two attached hydrogens (primary N) is 1. The maximum absolute atomic E-state index is 11.3. The number of hydrogen-bond donors (Lipinski definition) is 2. The van der Waals surface area contributed by atoms with E-state index in [9.17, 15) is 4.79 Å². The lowest BCUT2D eigenvalue weighted by atomic mass is 10.1. The fourth-order valence-corrected chi connectivity index (χ4v) is 1.49. The number of ether oxygens (including phenoxy) is 2. The van der Waals surface area contributed by atoms with Crippen LogP contribution in [-0.4, -0.2) is 18.1 Å². The van der Waals surface area contributed by atoms with Gasteiger partial charge in [-0.3, -0.25) is 10.2 Å². The molecule has 5 heteroatoms. The highest BCUT2D eigenvalue weighted by atomic mass is 16.6. The number of carbonyl (C=O) groups is 1. The summed E-state index contributed by atoms with van der Waals surface area (Å²) in [4.78, 5) is 11.3. The molecule has 0 radical (unpaired) electrons. The maximum Gasteiger partial charge on any atom is 0.278 e. The van der Waals surface area contributed by atoms with Crippen LogP contribution in [0.5, 0.6) is 11.5 Å². The van der Waals surface area contributed by atoms with Crippen LogP contribution < -0.4 is 20.7 Å². The number of amides is 1. The van der Waals surface area contributed by atoms with Crippen LogP contribution in [0.25, 0.3) is 0 Å². The van der Waals surface area contributed by atoms with Crippen LogP contribution in [0, 0.1) is 0 Å². The zero-order chi connectivity index (χ0) is 10.8. The Kier molecular flexibility index (Phi) is 2.47. The topological polar surface area (TPSA) is 73.6 Å². The van der Waals surface area contributed by atoms with E-state index >= 15 is 0 Å². The van der Waals surface area contributed by atoms with Crippen LogP contribution >= 0.6 is 0 Å². The molecule has 15 heavy (non-hydrogen) atoms. The second-order valence-corrected chi connectivity index (χ2v) is 3.32. The number of fused-ring (bicyclic) bond motifs is 1. The molecular formula is C10H12N2O3. The maximum atomic E-state index is 11.3. The molecule has 3 N–H and O–H groups in total. The fourth-order valence-electron chi connectivity index (χ4n) is 1.49. The number of nitrogens with one attached hydrogen (secondary N) is 1. The van der Waals surface area contributed by atoms with E-state index in [1.165, 1.54) is 0 Å². The van der Waals surface area contributed by atoms with E-state index < -0.39 is 12.0 Å². The van der Waals surface area contributed by atoms with E-state index in [2.05, 4.69) is 5.43 Å². The van der Waals surface area contributed by atoms with Crippen LogP contribution in [0.1, 0.15) is 6.92 Å². The summed E-state index contributed by atoms with van der Waals surface area (Å²) in [5.74, 6) is 5.86. The lowest BCUT2D eigenvalue weighted by Crippen LogP contribution is -2.50. The normalized spacial score (nSPS) is 23.3. The van der Waals surface area contributed by atoms with Crippen molar-refractivity contribution in [1.82, 2.24) is 5.43 Å². The summed E-state index contributed by atoms with van der Waals surface area (Å²) in [5, 5.41) is 0. The van der Waals surface area contributed by atoms with E-state index in [1.807, 2.05) is 12.1 Å². The lowest BCUT2D eigenvalue weighted by Gasteiger charge is -2.30. The van der Waals surface area contributed by atoms with Crippen LogP contribution in [-0.2, 0) is 4.79 Å². The summed E-state index contributed by atoms with van der Waals surface area (Å²) < 4.78 is 11.0. The van der Waals surface area contributed by atoms with Gasteiger partial charge in [0.05, 0.1) is 0 Å². The molecule has 0 fully saturated rings. The molecule has 0 aromatic heterocycles. The molecule has 0 saturated carbocycles. The van der Waals surface area contributed by atoms with Crippen molar-refractivity contribution < 1.29 is 14.3 Å². The molecule has 1 aromatic rings. The van der Waals surface area contributed by atoms with Crippen molar-refractivity contribution in [3.05, 3.63) is 24.3 Å². The van der Waals surface area contributed by atoms with Crippen molar-refractivity contribution in [3.63, 3.8) is 0 Å². The molecule has 2 rings (SSSR count). The molecule has 0 aliphatic carbocycles. The summed E-state index contributed by atoms with van der Waals surface area (Å²) >= 11 is 0. The summed E-state index contributed by atoms with van der Waals surface area (Å²) in [7, 11) is 0. The predicted octanol–water partition coefficient (Wildman–Crippen LogP) is 0.205. The SMILES string of the molecule is C[C@@H]1Oc2ccccc2O[C@H]1C(=O)NN. The van der Waals surface area contributed by atoms with Crippen LogP contribution in [0.3, 0.4) is 0 Å². The van der Waals surface area contributed by atoms with Gasteiger partial charge in [-0.1, -0.05) is 12.1 Å². The van der Waals surface area contributed by atoms with E-state index in [0.29, 0.717) is 11.5 Å². The Morgan fingerprint density at radius 2 is 1.93 bits per heavy atom. The van der Waals surface area contributed by atoms with Gasteiger partial charge in [-0.25, -0.2) is 5.84 Å². The van der Waals surface area contributed by atoms with Gasteiger partial charge < -0.3 is 9.47 Å². The molecule has 5 nitrogen and oxygen atoms in total. The third kappa shape index (κ3) is 1.73. The highest BCUT2D eigenvalue weighted by Gasteiger charge is 2.33. The second-order valence-electron chi connectivity index (χ2n) is 3.32. The van der Waals surface area contributed by atoms with Crippen molar-refractivity contribution in [2.24, 2.45) is 5.84 Å². The molecule has 1 aliphatic rings. The van der Waals surface area contributed by atoms with Crippen molar-refractivity contribution in [2.75, 3.05) is 0 Å². The first-order chi connectivity index (χ1) is 7.22. The van der Waals surface area contributed by atoms with Gasteiger partial charge in [-0.2, -0.15) is 0 Å². The quantitative estimate of drug-likeness (QED) is 0.393. The number of rotatable bonds is 1. The number of para-hydroxylation sites is 2. The average Bonchev–Trinajstić information content (AvgIpc) is 2.27. The third-order valence-corrected chi connectivity index (χ3v) is 2.24. The monoisotopic (exact) mass is 208 g/mol. The first-order valence-corrected chi connectivity index (χ1v) is 4.65. The van der Waals surface area contributed by atoms with Crippen molar-refractivity contribution in [2.45, 2.75) is 19.1 Å². The van der Waals surface area contributed by atoms with Gasteiger partial charge in [0.1, 0.15) is 6.10 Å². The van der Waals surface area contributed by atoms with Gasteiger partial charge in [0.15, 0.2) is 11.5 Å². The summed E-state index contributed by atoms with van der Waals surface area (Å²) in [6.45, 7) is 1.76. The molecule has 2 atom stereocenters. The van der Waals surface area contributed by atoms with Gasteiger partial charge in [-0.05, 0) is 19.1 Å². The Morgan fingerprint density at radius 1 is 1.33 bits per heavy atom. The lowest BCUT2D eigenvalue weighted by molar-refractivity contribution is -0.133. The number of hydrogen-bond acceptors (Lipinski definition) is 4. The van der Waals surface area contributed by atoms with Crippen LogP contribution in [0.15, 0.2) is 24.3 Å². The molecule has 1 heterocycles. The molecule has 0 spiro atoms. The Morgan fingerprint density at radius 3 is 2.53 bits per heavy atom. The highest BCUT2D eigenvalue weighted by molar-refractivity contribution is 5.81. The molecule has 0 unspecified atom stereocenters. The minimum atomic E-state index is -0.704. The van der Waals surface area contributed by atoms with Crippen molar-refractivity contribution in [1.29, 1.82) is 0 Å². The largest absolute Gasteiger partial charge is 0.482 e. The molecule has 1 aromatic carbocycles. The number of hydrazine groups is 1. The van der Waals surface area contributed by atoms with Crippen LogP contribution in [0.2, 0.25) is 0 Å². The molecule has 0 saturated heterocycles. The first kappa shape index (κ1) is 9.79. The minimum absolute atomic E-state index is 0.358. The molecule has 0 bridgehead atoms. The Bertz CT molecular complexity index is 381.